The fourth-order valence-corrected chi connectivity index (χ4v) is 4.01. The number of anilines is 1. The average molecular weight is 387 g/mol. The summed E-state index contributed by atoms with van der Waals surface area (Å²) < 4.78 is 2.75. The van der Waals surface area contributed by atoms with E-state index in [1.54, 1.807) is 0 Å². The highest BCUT2D eigenvalue weighted by Crippen LogP contribution is 2.22. The van der Waals surface area contributed by atoms with Gasteiger partial charge in [-0.1, -0.05) is 29.9 Å². The monoisotopic (exact) mass is 386 g/mol. The molecule has 0 atom stereocenters. The van der Waals surface area contributed by atoms with Gasteiger partial charge < -0.3 is 9.47 Å². The number of pyridine rings is 1. The van der Waals surface area contributed by atoms with E-state index in [9.17, 15) is 5.26 Å². The number of benzene rings is 1. The molecule has 1 aliphatic rings. The molecule has 0 radical (unpaired) electrons. The first-order chi connectivity index (χ1) is 12.4. The molecule has 0 amide bonds. The number of rotatable bonds is 3. The number of halogens is 1. The summed E-state index contributed by atoms with van der Waals surface area (Å²) in [6, 6.07) is 10.3. The summed E-state index contributed by atoms with van der Waals surface area (Å²) in [5.41, 5.74) is 5.08. The van der Waals surface area contributed by atoms with Gasteiger partial charge in [0.2, 0.25) is 0 Å². The van der Waals surface area contributed by atoms with E-state index in [-0.39, 0.29) is 0 Å². The van der Waals surface area contributed by atoms with Gasteiger partial charge in [0, 0.05) is 42.6 Å². The molecule has 1 aromatic carbocycles. The number of hydrogen-bond donors (Lipinski definition) is 0. The lowest BCUT2D eigenvalue weighted by Crippen LogP contribution is -2.47. The van der Waals surface area contributed by atoms with Crippen molar-refractivity contribution in [2.45, 2.75) is 27.4 Å². The first-order valence-corrected chi connectivity index (χ1v) is 9.54. The van der Waals surface area contributed by atoms with Crippen LogP contribution in [-0.2, 0) is 6.67 Å². The average Bonchev–Trinajstić information content (AvgIpc) is 2.64. The minimum absolute atomic E-state index is 0.626. The van der Waals surface area contributed by atoms with E-state index >= 15 is 0 Å². The van der Waals surface area contributed by atoms with Crippen LogP contribution in [0.4, 0.5) is 5.69 Å². The van der Waals surface area contributed by atoms with Crippen molar-refractivity contribution < 1.29 is 0 Å². The maximum atomic E-state index is 9.47. The van der Waals surface area contributed by atoms with Gasteiger partial charge in [-0.25, -0.2) is 0 Å². The Kier molecular flexibility index (Phi) is 5.67. The summed E-state index contributed by atoms with van der Waals surface area (Å²) in [5, 5.41) is 10.2. The summed E-state index contributed by atoms with van der Waals surface area (Å²) >= 11 is 11.7. The van der Waals surface area contributed by atoms with Crippen molar-refractivity contribution in [3.63, 3.8) is 0 Å². The fraction of sp³-hybridized carbons (Fsp3) is 0.400. The van der Waals surface area contributed by atoms with Gasteiger partial charge in [-0.05, 0) is 50.1 Å². The quantitative estimate of drug-likeness (QED) is 0.730. The highest BCUT2D eigenvalue weighted by Gasteiger charge is 2.19. The van der Waals surface area contributed by atoms with Gasteiger partial charge in [0.05, 0.1) is 12.2 Å². The Bertz CT molecular complexity index is 921. The first kappa shape index (κ1) is 18.9. The van der Waals surface area contributed by atoms with Gasteiger partial charge in [0.1, 0.15) is 10.7 Å². The summed E-state index contributed by atoms with van der Waals surface area (Å²) in [6.45, 7) is 10.6. The molecule has 0 spiro atoms. The lowest BCUT2D eigenvalue weighted by molar-refractivity contribution is 0.202. The molecule has 6 heteroatoms. The Hall–Kier alpha value is -1.87. The molecule has 1 aromatic heterocycles. The van der Waals surface area contributed by atoms with Crippen molar-refractivity contribution in [1.82, 2.24) is 9.47 Å². The minimum atomic E-state index is 0.626. The van der Waals surface area contributed by atoms with Gasteiger partial charge in [0.15, 0.2) is 0 Å². The van der Waals surface area contributed by atoms with Crippen LogP contribution in [0, 0.1) is 36.7 Å². The molecule has 136 valence electrons. The van der Waals surface area contributed by atoms with Crippen LogP contribution in [0.3, 0.4) is 0 Å². The molecular weight excluding hydrogens is 364 g/mol. The van der Waals surface area contributed by atoms with Gasteiger partial charge >= 0.3 is 0 Å². The predicted molar refractivity (Wildman–Crippen MR) is 109 cm³/mol. The zero-order valence-corrected chi connectivity index (χ0v) is 17.0. The van der Waals surface area contributed by atoms with Crippen LogP contribution in [0.25, 0.3) is 0 Å². The summed E-state index contributed by atoms with van der Waals surface area (Å²) in [6.07, 6.45) is 0. The van der Waals surface area contributed by atoms with Crippen LogP contribution < -0.4 is 4.90 Å². The van der Waals surface area contributed by atoms with Crippen molar-refractivity contribution in [1.29, 1.82) is 5.26 Å². The van der Waals surface area contributed by atoms with Crippen molar-refractivity contribution >= 4 is 29.5 Å². The predicted octanol–water partition coefficient (Wildman–Crippen LogP) is 4.45. The maximum Gasteiger partial charge on any atom is 0.125 e. The SMILES string of the molecule is Cc1c(C)c(C)n(CN2CCN(c3cccc(Cl)c3)CC2)c(=S)c1C#N. The molecule has 1 fully saturated rings. The summed E-state index contributed by atoms with van der Waals surface area (Å²) in [5.74, 6) is 0. The Morgan fingerprint density at radius 2 is 1.81 bits per heavy atom. The van der Waals surface area contributed by atoms with Crippen LogP contribution in [0.5, 0.6) is 0 Å². The van der Waals surface area contributed by atoms with E-state index in [4.69, 9.17) is 23.8 Å². The molecule has 26 heavy (non-hydrogen) atoms. The Labute approximate surface area is 165 Å². The molecule has 1 saturated heterocycles. The molecule has 0 aliphatic carbocycles. The van der Waals surface area contributed by atoms with Crippen LogP contribution in [0.2, 0.25) is 5.02 Å². The third-order valence-electron chi connectivity index (χ3n) is 5.34. The minimum Gasteiger partial charge on any atom is -0.369 e. The van der Waals surface area contributed by atoms with Crippen molar-refractivity contribution in [2.24, 2.45) is 0 Å². The molecule has 0 saturated carbocycles. The first-order valence-electron chi connectivity index (χ1n) is 8.76. The second-order valence-electron chi connectivity index (χ2n) is 6.78. The third-order valence-corrected chi connectivity index (χ3v) is 6.00. The lowest BCUT2D eigenvalue weighted by Gasteiger charge is -2.37. The van der Waals surface area contributed by atoms with Gasteiger partial charge in [-0.3, -0.25) is 4.90 Å². The van der Waals surface area contributed by atoms with Crippen LogP contribution in [-0.4, -0.2) is 35.6 Å². The van der Waals surface area contributed by atoms with Gasteiger partial charge in [-0.15, -0.1) is 0 Å². The third kappa shape index (κ3) is 3.64. The normalized spacial score (nSPS) is 15.1. The molecule has 1 aliphatic heterocycles. The lowest BCUT2D eigenvalue weighted by atomic mass is 10.0. The number of hydrogen-bond acceptors (Lipinski definition) is 4. The van der Waals surface area contributed by atoms with Crippen molar-refractivity contribution in [2.75, 3.05) is 31.1 Å². The highest BCUT2D eigenvalue weighted by molar-refractivity contribution is 7.71. The fourth-order valence-electron chi connectivity index (χ4n) is 3.43. The van der Waals surface area contributed by atoms with Crippen LogP contribution >= 0.6 is 23.8 Å². The summed E-state index contributed by atoms with van der Waals surface area (Å²) in [7, 11) is 0. The van der Waals surface area contributed by atoms with Gasteiger partial charge in [0.25, 0.3) is 0 Å². The van der Waals surface area contributed by atoms with E-state index in [0.717, 1.165) is 54.7 Å². The van der Waals surface area contributed by atoms with E-state index in [1.165, 1.54) is 5.69 Å². The highest BCUT2D eigenvalue weighted by atomic mass is 35.5. The number of piperazine rings is 1. The van der Waals surface area contributed by atoms with Crippen molar-refractivity contribution in [3.8, 4) is 6.07 Å². The standard InChI is InChI=1S/C20H23ClN4S/c1-14-15(2)19(12-22)20(26)25(16(14)3)13-23-7-9-24(10-8-23)18-6-4-5-17(21)11-18/h4-6,11H,7-10,13H2,1-3H3. The van der Waals surface area contributed by atoms with Crippen LogP contribution in [0.1, 0.15) is 22.4 Å². The van der Waals surface area contributed by atoms with Crippen LogP contribution in [0.15, 0.2) is 24.3 Å². The zero-order valence-electron chi connectivity index (χ0n) is 15.4. The van der Waals surface area contributed by atoms with Crippen molar-refractivity contribution in [3.05, 3.63) is 56.3 Å². The second kappa shape index (κ2) is 7.79. The molecule has 2 aromatic rings. The number of aromatic nitrogens is 1. The Morgan fingerprint density at radius 1 is 1.12 bits per heavy atom. The molecule has 0 N–H and O–H groups in total. The largest absolute Gasteiger partial charge is 0.369 e. The molecular formula is C20H23ClN4S. The smallest absolute Gasteiger partial charge is 0.125 e. The summed E-state index contributed by atoms with van der Waals surface area (Å²) in [4.78, 5) is 4.75. The molecule has 3 rings (SSSR count). The number of nitrogens with zero attached hydrogens (tertiary/aromatic N) is 4. The Morgan fingerprint density at radius 3 is 2.42 bits per heavy atom. The number of nitriles is 1. The molecule has 4 nitrogen and oxygen atoms in total. The molecule has 0 unspecified atom stereocenters. The Balaban J connectivity index is 1.75. The van der Waals surface area contributed by atoms with E-state index in [1.807, 2.05) is 25.1 Å². The second-order valence-corrected chi connectivity index (χ2v) is 7.60. The zero-order chi connectivity index (χ0) is 18.8. The van der Waals surface area contributed by atoms with E-state index < -0.39 is 0 Å². The molecule has 0 bridgehead atoms. The van der Waals surface area contributed by atoms with E-state index in [0.29, 0.717) is 10.2 Å². The molecule has 2 heterocycles. The van der Waals surface area contributed by atoms with E-state index in [2.05, 4.69) is 40.3 Å². The maximum absolute atomic E-state index is 9.47. The topological polar surface area (TPSA) is 35.2 Å². The van der Waals surface area contributed by atoms with Gasteiger partial charge in [-0.2, -0.15) is 5.26 Å².